The minimum Gasteiger partial charge on any atom is -0.397 e. The summed E-state index contributed by atoms with van der Waals surface area (Å²) >= 11 is 1.81. The van der Waals surface area contributed by atoms with Crippen LogP contribution in [-0.2, 0) is 6.42 Å². The van der Waals surface area contributed by atoms with Crippen molar-refractivity contribution in [3.63, 3.8) is 0 Å². The van der Waals surface area contributed by atoms with Crippen molar-refractivity contribution in [2.45, 2.75) is 19.4 Å². The molecule has 3 heterocycles. The lowest BCUT2D eigenvalue weighted by Crippen LogP contribution is -2.34. The molecule has 0 radical (unpaired) electrons. The Bertz CT molecular complexity index is 656. The number of fused-ring (bicyclic) bond motifs is 1. The minimum atomic E-state index is 0.248. The van der Waals surface area contributed by atoms with Crippen LogP contribution in [-0.4, -0.2) is 11.5 Å². The molecule has 3 rings (SSSR count). The molecule has 1 atom stereocenters. The van der Waals surface area contributed by atoms with Gasteiger partial charge in [0.2, 0.25) is 0 Å². The van der Waals surface area contributed by atoms with Crippen LogP contribution in [0.25, 0.3) is 0 Å². The first kappa shape index (κ1) is 12.0. The highest BCUT2D eigenvalue weighted by Crippen LogP contribution is 2.36. The number of nitrogens with two attached hydrogens (primary N) is 1. The molecule has 96 valence electrons. The van der Waals surface area contributed by atoms with E-state index in [-0.39, 0.29) is 6.04 Å². The number of nitrogen functional groups attached to an aromatic ring is 1. The first-order valence-electron chi connectivity index (χ1n) is 6.19. The largest absolute Gasteiger partial charge is 0.397 e. The Labute approximate surface area is 116 Å². The summed E-state index contributed by atoms with van der Waals surface area (Å²) in [5.74, 6) is 0.737. The van der Waals surface area contributed by atoms with Crippen molar-refractivity contribution in [2.75, 3.05) is 17.2 Å². The molecular formula is C14H14N4S. The van der Waals surface area contributed by atoms with E-state index in [1.807, 2.05) is 0 Å². The second-order valence-electron chi connectivity index (χ2n) is 4.67. The van der Waals surface area contributed by atoms with Crippen molar-refractivity contribution in [1.29, 1.82) is 5.26 Å². The zero-order valence-electron chi connectivity index (χ0n) is 10.6. The van der Waals surface area contributed by atoms with Crippen molar-refractivity contribution in [3.05, 3.63) is 39.7 Å². The average Bonchev–Trinajstić information content (AvgIpc) is 2.89. The van der Waals surface area contributed by atoms with Crippen LogP contribution in [0, 0.1) is 11.3 Å². The predicted octanol–water partition coefficient (Wildman–Crippen LogP) is 2.72. The lowest BCUT2D eigenvalue weighted by atomic mass is 10.0. The first-order chi connectivity index (χ1) is 9.20. The molecule has 5 heteroatoms. The molecule has 1 aliphatic rings. The summed E-state index contributed by atoms with van der Waals surface area (Å²) in [5.41, 5.74) is 8.12. The molecule has 0 aliphatic carbocycles. The van der Waals surface area contributed by atoms with Gasteiger partial charge in [-0.25, -0.2) is 4.98 Å². The zero-order chi connectivity index (χ0) is 13.4. The fourth-order valence-electron chi connectivity index (χ4n) is 2.58. The highest BCUT2D eigenvalue weighted by atomic mass is 32.1. The van der Waals surface area contributed by atoms with Crippen LogP contribution < -0.4 is 10.6 Å². The maximum atomic E-state index is 9.24. The molecule has 0 saturated heterocycles. The van der Waals surface area contributed by atoms with Crippen LogP contribution >= 0.6 is 11.3 Å². The topological polar surface area (TPSA) is 65.9 Å². The first-order valence-corrected chi connectivity index (χ1v) is 7.07. The number of nitriles is 1. The number of aromatic nitrogens is 1. The zero-order valence-corrected chi connectivity index (χ0v) is 11.4. The van der Waals surface area contributed by atoms with E-state index in [2.05, 4.69) is 34.3 Å². The van der Waals surface area contributed by atoms with Crippen molar-refractivity contribution in [3.8, 4) is 6.07 Å². The van der Waals surface area contributed by atoms with Crippen LogP contribution in [0.4, 0.5) is 11.5 Å². The van der Waals surface area contributed by atoms with Gasteiger partial charge in [-0.2, -0.15) is 5.26 Å². The lowest BCUT2D eigenvalue weighted by molar-refractivity contribution is 0.624. The van der Waals surface area contributed by atoms with Crippen LogP contribution in [0.3, 0.4) is 0 Å². The maximum Gasteiger partial charge on any atom is 0.147 e. The molecule has 0 amide bonds. The molecule has 2 N–H and O–H groups in total. The van der Waals surface area contributed by atoms with E-state index in [0.29, 0.717) is 11.3 Å². The van der Waals surface area contributed by atoms with Gasteiger partial charge in [0.1, 0.15) is 11.9 Å². The number of rotatable bonds is 1. The van der Waals surface area contributed by atoms with Gasteiger partial charge in [0.05, 0.1) is 23.5 Å². The van der Waals surface area contributed by atoms with Gasteiger partial charge in [0.25, 0.3) is 0 Å². The summed E-state index contributed by atoms with van der Waals surface area (Å²) in [6, 6.07) is 6.30. The van der Waals surface area contributed by atoms with E-state index in [1.165, 1.54) is 10.4 Å². The third kappa shape index (κ3) is 1.94. The Kier molecular flexibility index (Phi) is 2.88. The normalized spacial score (nSPS) is 17.9. The number of hydrogen-bond donors (Lipinski definition) is 1. The van der Waals surface area contributed by atoms with E-state index in [0.717, 1.165) is 18.8 Å². The van der Waals surface area contributed by atoms with E-state index in [1.54, 1.807) is 23.6 Å². The lowest BCUT2D eigenvalue weighted by Gasteiger charge is -2.35. The van der Waals surface area contributed by atoms with Gasteiger partial charge in [0, 0.05) is 11.4 Å². The second kappa shape index (κ2) is 4.56. The van der Waals surface area contributed by atoms with Gasteiger partial charge < -0.3 is 10.6 Å². The van der Waals surface area contributed by atoms with E-state index in [4.69, 9.17) is 5.73 Å². The van der Waals surface area contributed by atoms with Gasteiger partial charge >= 0.3 is 0 Å². The number of nitrogens with zero attached hydrogens (tertiary/aromatic N) is 3. The summed E-state index contributed by atoms with van der Waals surface area (Å²) in [5, 5.41) is 11.4. The van der Waals surface area contributed by atoms with E-state index in [9.17, 15) is 5.26 Å². The molecule has 0 aromatic carbocycles. The Morgan fingerprint density at radius 1 is 1.58 bits per heavy atom. The standard InChI is InChI=1S/C14H14N4S/c1-9-12-3-5-19-13(12)2-4-18(9)14-10(7-15)6-11(16)8-17-14/h3,5-6,8-9H,2,4,16H2,1H3. The summed E-state index contributed by atoms with van der Waals surface area (Å²) in [6.45, 7) is 3.05. The van der Waals surface area contributed by atoms with Crippen LogP contribution in [0.15, 0.2) is 23.7 Å². The van der Waals surface area contributed by atoms with Gasteiger partial charge in [-0.05, 0) is 36.4 Å². The Balaban J connectivity index is 2.03. The van der Waals surface area contributed by atoms with Crippen molar-refractivity contribution in [1.82, 2.24) is 4.98 Å². The molecule has 19 heavy (non-hydrogen) atoms. The van der Waals surface area contributed by atoms with Crippen molar-refractivity contribution < 1.29 is 0 Å². The van der Waals surface area contributed by atoms with Crippen LogP contribution in [0.5, 0.6) is 0 Å². The summed E-state index contributed by atoms with van der Waals surface area (Å²) < 4.78 is 0. The summed E-state index contributed by atoms with van der Waals surface area (Å²) in [4.78, 5) is 7.99. The Morgan fingerprint density at radius 3 is 3.21 bits per heavy atom. The SMILES string of the molecule is CC1c2ccsc2CCN1c1ncc(N)cc1C#N. The molecule has 0 fully saturated rings. The summed E-state index contributed by atoms with van der Waals surface area (Å²) in [7, 11) is 0. The van der Waals surface area contributed by atoms with Crippen LogP contribution in [0.1, 0.15) is 29.0 Å². The average molecular weight is 270 g/mol. The molecule has 2 aromatic rings. The number of hydrogen-bond acceptors (Lipinski definition) is 5. The fraction of sp³-hybridized carbons (Fsp3) is 0.286. The molecule has 4 nitrogen and oxygen atoms in total. The quantitative estimate of drug-likeness (QED) is 0.865. The molecular weight excluding hydrogens is 256 g/mol. The highest BCUT2D eigenvalue weighted by molar-refractivity contribution is 7.10. The highest BCUT2D eigenvalue weighted by Gasteiger charge is 2.27. The van der Waals surface area contributed by atoms with Crippen LogP contribution in [0.2, 0.25) is 0 Å². The Morgan fingerprint density at radius 2 is 2.42 bits per heavy atom. The number of thiophene rings is 1. The monoisotopic (exact) mass is 270 g/mol. The fourth-order valence-corrected chi connectivity index (χ4v) is 3.55. The van der Waals surface area contributed by atoms with Gasteiger partial charge in [0.15, 0.2) is 0 Å². The molecule has 1 aliphatic heterocycles. The molecule has 0 saturated carbocycles. The van der Waals surface area contributed by atoms with Gasteiger partial charge in [-0.1, -0.05) is 0 Å². The smallest absolute Gasteiger partial charge is 0.147 e. The summed E-state index contributed by atoms with van der Waals surface area (Å²) in [6.07, 6.45) is 2.63. The van der Waals surface area contributed by atoms with Crippen molar-refractivity contribution in [2.24, 2.45) is 0 Å². The van der Waals surface area contributed by atoms with Gasteiger partial charge in [-0.15, -0.1) is 11.3 Å². The third-order valence-corrected chi connectivity index (χ3v) is 4.55. The van der Waals surface area contributed by atoms with Crippen molar-refractivity contribution >= 4 is 22.8 Å². The molecule has 2 aromatic heterocycles. The Hall–Kier alpha value is -2.06. The molecule has 0 bridgehead atoms. The molecule has 1 unspecified atom stereocenters. The number of anilines is 2. The van der Waals surface area contributed by atoms with E-state index < -0.39 is 0 Å². The predicted molar refractivity (Wildman–Crippen MR) is 77.1 cm³/mol. The van der Waals surface area contributed by atoms with E-state index >= 15 is 0 Å². The minimum absolute atomic E-state index is 0.248. The third-order valence-electron chi connectivity index (χ3n) is 3.56. The maximum absolute atomic E-state index is 9.24. The molecule has 0 spiro atoms. The van der Waals surface area contributed by atoms with Gasteiger partial charge in [-0.3, -0.25) is 0 Å². The number of pyridine rings is 1. The second-order valence-corrected chi connectivity index (χ2v) is 5.67.